The van der Waals surface area contributed by atoms with E-state index in [2.05, 4.69) is 22.5 Å². The minimum Gasteiger partial charge on any atom is -0.359 e. The maximum absolute atomic E-state index is 4.06. The lowest BCUT2D eigenvalue weighted by Gasteiger charge is -2.07. The lowest BCUT2D eigenvalue weighted by atomic mass is 10.1. The number of hydrogen-bond acceptors (Lipinski definition) is 1. The number of rotatable bonds is 8. The molecule has 0 aromatic carbocycles. The molecule has 0 aromatic heterocycles. The number of nitrogens with zero attached hydrogens (tertiary/aromatic N) is 1. The fourth-order valence-corrected chi connectivity index (χ4v) is 1.57. The van der Waals surface area contributed by atoms with Gasteiger partial charge in [-0.3, -0.25) is 4.99 Å². The van der Waals surface area contributed by atoms with E-state index in [0.717, 1.165) is 12.5 Å². The molecule has 90 valence electrons. The van der Waals surface area contributed by atoms with Crippen molar-refractivity contribution in [3.63, 3.8) is 0 Å². The lowest BCUT2D eigenvalue weighted by Crippen LogP contribution is -2.35. The summed E-state index contributed by atoms with van der Waals surface area (Å²) in [6.07, 6.45) is 9.48. The van der Waals surface area contributed by atoms with Gasteiger partial charge in [-0.15, -0.1) is 0 Å². The molecule has 0 heterocycles. The highest BCUT2D eigenvalue weighted by Crippen LogP contribution is 2.06. The molecule has 0 saturated carbocycles. The summed E-state index contributed by atoms with van der Waals surface area (Å²) in [4.78, 5) is 4.06. The summed E-state index contributed by atoms with van der Waals surface area (Å²) in [6, 6.07) is 0. The van der Waals surface area contributed by atoms with Gasteiger partial charge in [-0.2, -0.15) is 0 Å². The summed E-state index contributed by atoms with van der Waals surface area (Å²) in [7, 11) is 3.68. The van der Waals surface area contributed by atoms with E-state index in [1.54, 1.807) is 7.05 Å². The molecule has 0 fully saturated rings. The molecule has 0 bridgehead atoms. The van der Waals surface area contributed by atoms with E-state index in [1.807, 2.05) is 7.05 Å². The van der Waals surface area contributed by atoms with E-state index < -0.39 is 0 Å². The molecule has 0 amide bonds. The van der Waals surface area contributed by atoms with Crippen molar-refractivity contribution in [1.82, 2.24) is 10.6 Å². The average Bonchev–Trinajstić information content (AvgIpc) is 2.27. The zero-order valence-corrected chi connectivity index (χ0v) is 10.6. The van der Waals surface area contributed by atoms with Crippen molar-refractivity contribution in [2.75, 3.05) is 20.6 Å². The molecule has 3 heteroatoms. The highest BCUT2D eigenvalue weighted by atomic mass is 15.1. The molecule has 2 N–H and O–H groups in total. The standard InChI is InChI=1S/C12H27N3/c1-4-5-6-7-8-9-10-11-15-12(13-2)14-3/h4-11H2,1-3H3,(H2,13,14,15). The fraction of sp³-hybridized carbons (Fsp3) is 0.917. The normalized spacial score (nSPS) is 11.5. The maximum Gasteiger partial charge on any atom is 0.190 e. The highest BCUT2D eigenvalue weighted by molar-refractivity contribution is 5.79. The topological polar surface area (TPSA) is 36.4 Å². The van der Waals surface area contributed by atoms with E-state index in [4.69, 9.17) is 0 Å². The lowest BCUT2D eigenvalue weighted by molar-refractivity contribution is 0.584. The van der Waals surface area contributed by atoms with Gasteiger partial charge in [0, 0.05) is 20.6 Å². The molecule has 15 heavy (non-hydrogen) atoms. The molecule has 0 aliphatic carbocycles. The molecule has 0 unspecified atom stereocenters. The highest BCUT2D eigenvalue weighted by Gasteiger charge is 1.93. The molecular weight excluding hydrogens is 186 g/mol. The van der Waals surface area contributed by atoms with Crippen LogP contribution in [0.3, 0.4) is 0 Å². The van der Waals surface area contributed by atoms with Crippen LogP contribution in [0.1, 0.15) is 51.9 Å². The van der Waals surface area contributed by atoms with Crippen molar-refractivity contribution in [2.24, 2.45) is 4.99 Å². The molecule has 0 saturated heterocycles. The van der Waals surface area contributed by atoms with Gasteiger partial charge in [0.15, 0.2) is 5.96 Å². The Labute approximate surface area is 94.7 Å². The molecule has 0 aliphatic rings. The third-order valence-corrected chi connectivity index (χ3v) is 2.53. The fourth-order valence-electron chi connectivity index (χ4n) is 1.57. The van der Waals surface area contributed by atoms with Gasteiger partial charge in [-0.25, -0.2) is 0 Å². The van der Waals surface area contributed by atoms with E-state index in [9.17, 15) is 0 Å². The molecule has 0 aliphatic heterocycles. The van der Waals surface area contributed by atoms with Gasteiger partial charge in [0.25, 0.3) is 0 Å². The van der Waals surface area contributed by atoms with Crippen molar-refractivity contribution in [1.29, 1.82) is 0 Å². The molecular formula is C12H27N3. The second-order valence-electron chi connectivity index (χ2n) is 3.87. The first-order valence-corrected chi connectivity index (χ1v) is 6.23. The Hall–Kier alpha value is -0.730. The van der Waals surface area contributed by atoms with Crippen molar-refractivity contribution < 1.29 is 0 Å². The Kier molecular flexibility index (Phi) is 10.8. The van der Waals surface area contributed by atoms with E-state index >= 15 is 0 Å². The third kappa shape index (κ3) is 9.57. The molecule has 0 rings (SSSR count). The van der Waals surface area contributed by atoms with Crippen molar-refractivity contribution >= 4 is 5.96 Å². The smallest absolute Gasteiger partial charge is 0.190 e. The largest absolute Gasteiger partial charge is 0.359 e. The van der Waals surface area contributed by atoms with Gasteiger partial charge < -0.3 is 10.6 Å². The van der Waals surface area contributed by atoms with Crippen molar-refractivity contribution in [2.45, 2.75) is 51.9 Å². The number of nitrogens with one attached hydrogen (secondary N) is 2. The summed E-state index contributed by atoms with van der Waals surface area (Å²) < 4.78 is 0. The zero-order chi connectivity index (χ0) is 11.4. The van der Waals surface area contributed by atoms with Gasteiger partial charge in [0.2, 0.25) is 0 Å². The van der Waals surface area contributed by atoms with Gasteiger partial charge >= 0.3 is 0 Å². The summed E-state index contributed by atoms with van der Waals surface area (Å²) in [5.74, 6) is 0.890. The predicted molar refractivity (Wildman–Crippen MR) is 68.4 cm³/mol. The molecule has 0 spiro atoms. The maximum atomic E-state index is 4.06. The average molecular weight is 213 g/mol. The zero-order valence-electron chi connectivity index (χ0n) is 10.6. The summed E-state index contributed by atoms with van der Waals surface area (Å²) in [5.41, 5.74) is 0. The van der Waals surface area contributed by atoms with Crippen LogP contribution in [0, 0.1) is 0 Å². The molecule has 3 nitrogen and oxygen atoms in total. The van der Waals surface area contributed by atoms with E-state index in [1.165, 1.54) is 44.9 Å². The van der Waals surface area contributed by atoms with Gasteiger partial charge in [-0.1, -0.05) is 45.4 Å². The first kappa shape index (κ1) is 14.3. The van der Waals surface area contributed by atoms with Crippen LogP contribution in [0.2, 0.25) is 0 Å². The van der Waals surface area contributed by atoms with Crippen molar-refractivity contribution in [3.8, 4) is 0 Å². The van der Waals surface area contributed by atoms with Crippen LogP contribution in [0.4, 0.5) is 0 Å². The Morgan fingerprint density at radius 1 is 1.00 bits per heavy atom. The number of unbranched alkanes of at least 4 members (excludes halogenated alkanes) is 6. The second-order valence-corrected chi connectivity index (χ2v) is 3.87. The third-order valence-electron chi connectivity index (χ3n) is 2.53. The van der Waals surface area contributed by atoms with Crippen LogP contribution in [-0.4, -0.2) is 26.6 Å². The number of aliphatic imine (C=N–C) groups is 1. The minimum absolute atomic E-state index is 0.890. The Morgan fingerprint density at radius 2 is 1.60 bits per heavy atom. The Balaban J connectivity index is 3.11. The van der Waals surface area contributed by atoms with E-state index in [0.29, 0.717) is 0 Å². The summed E-state index contributed by atoms with van der Waals surface area (Å²) in [6.45, 7) is 3.29. The monoisotopic (exact) mass is 213 g/mol. The first-order chi connectivity index (χ1) is 7.35. The first-order valence-electron chi connectivity index (χ1n) is 6.23. The number of guanidine groups is 1. The van der Waals surface area contributed by atoms with Crippen LogP contribution < -0.4 is 10.6 Å². The molecule has 0 atom stereocenters. The second kappa shape index (κ2) is 11.3. The molecule has 0 aromatic rings. The van der Waals surface area contributed by atoms with Crippen molar-refractivity contribution in [3.05, 3.63) is 0 Å². The van der Waals surface area contributed by atoms with Crippen LogP contribution in [0.15, 0.2) is 4.99 Å². The minimum atomic E-state index is 0.890. The molecule has 0 radical (unpaired) electrons. The van der Waals surface area contributed by atoms with Crippen LogP contribution in [0.5, 0.6) is 0 Å². The summed E-state index contributed by atoms with van der Waals surface area (Å²) in [5, 5.41) is 6.27. The van der Waals surface area contributed by atoms with Gasteiger partial charge in [0.1, 0.15) is 0 Å². The quantitative estimate of drug-likeness (QED) is 0.369. The summed E-state index contributed by atoms with van der Waals surface area (Å²) >= 11 is 0. The van der Waals surface area contributed by atoms with Crippen LogP contribution in [-0.2, 0) is 0 Å². The SMILES string of the molecule is CCCCCCCCCNC(=NC)NC. The Morgan fingerprint density at radius 3 is 2.13 bits per heavy atom. The van der Waals surface area contributed by atoms with Crippen LogP contribution in [0.25, 0.3) is 0 Å². The number of hydrogen-bond donors (Lipinski definition) is 2. The van der Waals surface area contributed by atoms with Crippen LogP contribution >= 0.6 is 0 Å². The van der Waals surface area contributed by atoms with Gasteiger partial charge in [0.05, 0.1) is 0 Å². The predicted octanol–water partition coefficient (Wildman–Crippen LogP) is 2.53. The van der Waals surface area contributed by atoms with E-state index in [-0.39, 0.29) is 0 Å². The Bertz CT molecular complexity index is 155. The van der Waals surface area contributed by atoms with Gasteiger partial charge in [-0.05, 0) is 6.42 Å².